The number of methoxy groups -OCH3 is 2. The van der Waals surface area contributed by atoms with Gasteiger partial charge in [-0.05, 0) is 48.1 Å². The molecule has 0 radical (unpaired) electrons. The number of thiophene rings is 1. The summed E-state index contributed by atoms with van der Waals surface area (Å²) in [6, 6.07) is 4.38. The Morgan fingerprint density at radius 2 is 2.14 bits per heavy atom. The normalized spacial score (nSPS) is 20.1. The van der Waals surface area contributed by atoms with Crippen LogP contribution in [0.15, 0.2) is 23.5 Å². The van der Waals surface area contributed by atoms with Crippen LogP contribution in [0.5, 0.6) is 0 Å². The summed E-state index contributed by atoms with van der Waals surface area (Å²) in [6.45, 7) is 3.50. The first-order chi connectivity index (χ1) is 14.1. The lowest BCUT2D eigenvalue weighted by Crippen LogP contribution is -2.41. The summed E-state index contributed by atoms with van der Waals surface area (Å²) in [5.41, 5.74) is 5.82. The number of hydrogen-bond acceptors (Lipinski definition) is 7. The Morgan fingerprint density at radius 3 is 2.97 bits per heavy atom. The van der Waals surface area contributed by atoms with Crippen LogP contribution in [-0.2, 0) is 28.9 Å². The van der Waals surface area contributed by atoms with Crippen molar-refractivity contribution in [2.24, 2.45) is 4.99 Å². The Kier molecular flexibility index (Phi) is 4.61. The second-order valence-electron chi connectivity index (χ2n) is 7.86. The second-order valence-corrected chi connectivity index (χ2v) is 8.95. The Balaban J connectivity index is 1.55. The van der Waals surface area contributed by atoms with Crippen LogP contribution in [0.3, 0.4) is 0 Å². The molecule has 7 heteroatoms. The third kappa shape index (κ3) is 3.13. The standard InChI is InChI=1S/C22H24N4O2S/c1-13-6-14-9-23-10-15(14)7-17(13)26-20-19-16-4-5-22(28-3,11-27-2)8-18(16)29-21(19)25-12-24-20/h6-7,10,12H,4-5,8-9,11H2,1-3H3,(H,24,25,26). The fourth-order valence-corrected chi connectivity index (χ4v) is 5.76. The van der Waals surface area contributed by atoms with E-state index in [0.717, 1.165) is 47.5 Å². The maximum absolute atomic E-state index is 5.87. The van der Waals surface area contributed by atoms with Crippen molar-refractivity contribution >= 4 is 39.3 Å². The smallest absolute Gasteiger partial charge is 0.142 e. The predicted molar refractivity (Wildman–Crippen MR) is 117 cm³/mol. The molecule has 1 atom stereocenters. The molecule has 2 aromatic heterocycles. The molecule has 2 aliphatic rings. The van der Waals surface area contributed by atoms with Crippen LogP contribution in [-0.4, -0.2) is 42.6 Å². The number of nitrogens with zero attached hydrogens (tertiary/aromatic N) is 3. The van der Waals surface area contributed by atoms with E-state index < -0.39 is 0 Å². The number of aliphatic imine (C=N–C) groups is 1. The SMILES string of the molecule is COCC1(OC)CCc2c(sc3ncnc(Nc4cc5c(cc4C)CN=C5)c23)C1. The molecule has 0 saturated carbocycles. The highest BCUT2D eigenvalue weighted by Gasteiger charge is 2.37. The molecular formula is C22H24N4O2S. The van der Waals surface area contributed by atoms with Crippen molar-refractivity contribution in [3.8, 4) is 0 Å². The van der Waals surface area contributed by atoms with Crippen LogP contribution in [0, 0.1) is 6.92 Å². The van der Waals surface area contributed by atoms with Gasteiger partial charge in [0.1, 0.15) is 17.0 Å². The average Bonchev–Trinajstić information content (AvgIpc) is 3.32. The molecule has 0 spiro atoms. The molecule has 29 heavy (non-hydrogen) atoms. The van der Waals surface area contributed by atoms with Gasteiger partial charge in [-0.15, -0.1) is 11.3 Å². The molecule has 3 heterocycles. The Hall–Kier alpha value is -2.35. The molecule has 6 nitrogen and oxygen atoms in total. The fourth-order valence-electron chi connectivity index (χ4n) is 4.44. The van der Waals surface area contributed by atoms with Gasteiger partial charge in [0.2, 0.25) is 0 Å². The number of benzene rings is 1. The number of fused-ring (bicyclic) bond motifs is 4. The third-order valence-corrected chi connectivity index (χ3v) is 7.20. The van der Waals surface area contributed by atoms with Gasteiger partial charge < -0.3 is 14.8 Å². The monoisotopic (exact) mass is 408 g/mol. The summed E-state index contributed by atoms with van der Waals surface area (Å²) in [4.78, 5) is 15.9. The minimum Gasteiger partial charge on any atom is -0.382 e. The predicted octanol–water partition coefficient (Wildman–Crippen LogP) is 4.20. The van der Waals surface area contributed by atoms with Crippen LogP contribution in [0.25, 0.3) is 10.2 Å². The van der Waals surface area contributed by atoms with Crippen molar-refractivity contribution in [2.45, 2.75) is 38.3 Å². The molecule has 1 aliphatic carbocycles. The van der Waals surface area contributed by atoms with Crippen LogP contribution in [0.1, 0.15) is 33.6 Å². The summed E-state index contributed by atoms with van der Waals surface area (Å²) in [5, 5.41) is 4.72. The molecule has 3 aromatic rings. The lowest BCUT2D eigenvalue weighted by molar-refractivity contribution is -0.0714. The summed E-state index contributed by atoms with van der Waals surface area (Å²) < 4.78 is 11.3. The number of rotatable bonds is 5. The van der Waals surface area contributed by atoms with E-state index in [0.29, 0.717) is 6.61 Å². The van der Waals surface area contributed by atoms with Crippen LogP contribution in [0.2, 0.25) is 0 Å². The fraction of sp³-hybridized carbons (Fsp3) is 0.409. The van der Waals surface area contributed by atoms with Crippen molar-refractivity contribution in [2.75, 3.05) is 26.1 Å². The first-order valence-corrected chi connectivity index (χ1v) is 10.6. The highest BCUT2D eigenvalue weighted by atomic mass is 32.1. The van der Waals surface area contributed by atoms with E-state index in [1.807, 2.05) is 6.21 Å². The van der Waals surface area contributed by atoms with E-state index in [1.165, 1.54) is 27.1 Å². The summed E-state index contributed by atoms with van der Waals surface area (Å²) in [6.07, 6.45) is 6.31. The van der Waals surface area contributed by atoms with Gasteiger partial charge in [0, 0.05) is 37.4 Å². The van der Waals surface area contributed by atoms with Crippen molar-refractivity contribution in [3.05, 3.63) is 45.6 Å². The molecule has 1 N–H and O–H groups in total. The zero-order valence-electron chi connectivity index (χ0n) is 16.9. The van der Waals surface area contributed by atoms with Gasteiger partial charge in [-0.3, -0.25) is 4.99 Å². The lowest BCUT2D eigenvalue weighted by Gasteiger charge is -2.35. The Morgan fingerprint density at radius 1 is 1.24 bits per heavy atom. The van der Waals surface area contributed by atoms with E-state index >= 15 is 0 Å². The summed E-state index contributed by atoms with van der Waals surface area (Å²) in [5.74, 6) is 0.877. The zero-order chi connectivity index (χ0) is 20.0. The number of ether oxygens (including phenoxy) is 2. The molecule has 1 unspecified atom stereocenters. The lowest BCUT2D eigenvalue weighted by atomic mass is 9.84. The molecule has 0 bridgehead atoms. The molecule has 0 fully saturated rings. The number of nitrogens with one attached hydrogen (secondary N) is 1. The van der Waals surface area contributed by atoms with Crippen molar-refractivity contribution in [1.29, 1.82) is 0 Å². The highest BCUT2D eigenvalue weighted by Crippen LogP contribution is 2.42. The quantitative estimate of drug-likeness (QED) is 0.685. The Bertz CT molecular complexity index is 1120. The van der Waals surface area contributed by atoms with Crippen molar-refractivity contribution < 1.29 is 9.47 Å². The first-order valence-electron chi connectivity index (χ1n) is 9.82. The van der Waals surface area contributed by atoms with Crippen LogP contribution >= 0.6 is 11.3 Å². The minimum atomic E-state index is -0.250. The van der Waals surface area contributed by atoms with E-state index in [2.05, 4.69) is 39.3 Å². The number of aryl methyl sites for hydroxylation is 2. The maximum atomic E-state index is 5.87. The molecule has 1 aliphatic heterocycles. The molecule has 1 aromatic carbocycles. The van der Waals surface area contributed by atoms with Gasteiger partial charge in [0.05, 0.1) is 24.1 Å². The first kappa shape index (κ1) is 18.7. The highest BCUT2D eigenvalue weighted by molar-refractivity contribution is 7.19. The minimum absolute atomic E-state index is 0.250. The molecule has 5 rings (SSSR count). The molecular weight excluding hydrogens is 384 g/mol. The van der Waals surface area contributed by atoms with E-state index in [1.54, 1.807) is 31.9 Å². The number of aromatic nitrogens is 2. The molecule has 0 amide bonds. The van der Waals surface area contributed by atoms with Crippen LogP contribution < -0.4 is 5.32 Å². The van der Waals surface area contributed by atoms with Gasteiger partial charge in [0.25, 0.3) is 0 Å². The van der Waals surface area contributed by atoms with Crippen LogP contribution in [0.4, 0.5) is 11.5 Å². The van der Waals surface area contributed by atoms with Gasteiger partial charge in [-0.1, -0.05) is 6.07 Å². The van der Waals surface area contributed by atoms with Gasteiger partial charge >= 0.3 is 0 Å². The topological polar surface area (TPSA) is 68.6 Å². The zero-order valence-corrected chi connectivity index (χ0v) is 17.7. The number of anilines is 2. The van der Waals surface area contributed by atoms with Gasteiger partial charge in [0.15, 0.2) is 0 Å². The maximum Gasteiger partial charge on any atom is 0.142 e. The molecule has 150 valence electrons. The van der Waals surface area contributed by atoms with E-state index in [4.69, 9.17) is 9.47 Å². The summed E-state index contributed by atoms with van der Waals surface area (Å²) in [7, 11) is 3.52. The van der Waals surface area contributed by atoms with Gasteiger partial charge in [-0.25, -0.2) is 9.97 Å². The van der Waals surface area contributed by atoms with Crippen molar-refractivity contribution in [3.63, 3.8) is 0 Å². The molecule has 0 saturated heterocycles. The number of hydrogen-bond donors (Lipinski definition) is 1. The van der Waals surface area contributed by atoms with Gasteiger partial charge in [-0.2, -0.15) is 0 Å². The average molecular weight is 409 g/mol. The van der Waals surface area contributed by atoms with E-state index in [-0.39, 0.29) is 5.60 Å². The van der Waals surface area contributed by atoms with E-state index in [9.17, 15) is 0 Å². The van der Waals surface area contributed by atoms with Crippen molar-refractivity contribution in [1.82, 2.24) is 9.97 Å². The summed E-state index contributed by atoms with van der Waals surface area (Å²) >= 11 is 1.74. The third-order valence-electron chi connectivity index (χ3n) is 6.06. The largest absolute Gasteiger partial charge is 0.382 e. The Labute approximate surface area is 174 Å². The second kappa shape index (κ2) is 7.16.